The summed E-state index contributed by atoms with van der Waals surface area (Å²) in [5.74, 6) is 0.925. The molecule has 3 rings (SSSR count). The Morgan fingerprint density at radius 3 is 3.14 bits per heavy atom. The molecule has 2 aliphatic heterocycles. The minimum absolute atomic E-state index is 0.00729. The fourth-order valence-electron chi connectivity index (χ4n) is 3.24. The summed E-state index contributed by atoms with van der Waals surface area (Å²) in [5, 5.41) is 6.60. The molecule has 1 saturated heterocycles. The molecule has 0 aromatic heterocycles. The summed E-state index contributed by atoms with van der Waals surface area (Å²) in [7, 11) is 0. The first kappa shape index (κ1) is 14.4. The molecule has 4 heteroatoms. The van der Waals surface area contributed by atoms with E-state index in [0.29, 0.717) is 12.6 Å². The highest BCUT2D eigenvalue weighted by Crippen LogP contribution is 2.30. The van der Waals surface area contributed by atoms with Gasteiger partial charge in [-0.05, 0) is 48.6 Å². The highest BCUT2D eigenvalue weighted by atomic mass is 16.5. The summed E-state index contributed by atoms with van der Waals surface area (Å²) in [6.07, 6.45) is 3.31. The zero-order valence-electron chi connectivity index (χ0n) is 12.9. The molecule has 114 valence electrons. The molecule has 2 heterocycles. The van der Waals surface area contributed by atoms with Crippen molar-refractivity contribution in [2.45, 2.75) is 39.2 Å². The second-order valence-electron chi connectivity index (χ2n) is 6.73. The van der Waals surface area contributed by atoms with Gasteiger partial charge in [0.15, 0.2) is 0 Å². The van der Waals surface area contributed by atoms with Crippen molar-refractivity contribution in [2.75, 3.05) is 19.7 Å². The normalized spacial score (nSPS) is 23.2. The predicted molar refractivity (Wildman–Crippen MR) is 82.8 cm³/mol. The number of piperidine rings is 1. The molecule has 0 radical (unpaired) electrons. The van der Waals surface area contributed by atoms with Crippen molar-refractivity contribution >= 4 is 5.91 Å². The first-order chi connectivity index (χ1) is 10.1. The number of rotatable bonds is 3. The number of ether oxygens (including phenoxy) is 1. The smallest absolute Gasteiger partial charge is 0.251 e. The monoisotopic (exact) mass is 288 g/mol. The van der Waals surface area contributed by atoms with Gasteiger partial charge in [0.25, 0.3) is 5.91 Å². The number of amides is 1. The van der Waals surface area contributed by atoms with Crippen LogP contribution in [0.5, 0.6) is 5.75 Å². The van der Waals surface area contributed by atoms with Crippen LogP contribution >= 0.6 is 0 Å². The van der Waals surface area contributed by atoms with Crippen LogP contribution in [0.2, 0.25) is 0 Å². The van der Waals surface area contributed by atoms with Crippen LogP contribution in [0.15, 0.2) is 18.2 Å². The minimum Gasteiger partial charge on any atom is -0.493 e. The molecule has 1 atom stereocenters. The van der Waals surface area contributed by atoms with Gasteiger partial charge in [-0.2, -0.15) is 0 Å². The predicted octanol–water partition coefficient (Wildman–Crippen LogP) is 2.13. The first-order valence-electron chi connectivity index (χ1n) is 7.83. The van der Waals surface area contributed by atoms with Gasteiger partial charge >= 0.3 is 0 Å². The molecule has 0 saturated carbocycles. The average molecular weight is 288 g/mol. The largest absolute Gasteiger partial charge is 0.493 e. The van der Waals surface area contributed by atoms with Gasteiger partial charge in [-0.1, -0.05) is 13.8 Å². The van der Waals surface area contributed by atoms with Gasteiger partial charge in [-0.3, -0.25) is 4.79 Å². The Bertz CT molecular complexity index is 540. The fourth-order valence-corrected chi connectivity index (χ4v) is 3.24. The molecule has 2 N–H and O–H groups in total. The summed E-state index contributed by atoms with van der Waals surface area (Å²) < 4.78 is 5.47. The molecule has 21 heavy (non-hydrogen) atoms. The Hall–Kier alpha value is -1.55. The van der Waals surface area contributed by atoms with Gasteiger partial charge in [0.1, 0.15) is 5.75 Å². The standard InChI is InChI=1S/C17H24N2O2/c1-17(2)7-3-8-18-15(17)11-19-16(20)13-4-5-14-12(10-13)6-9-21-14/h4-5,10,15,18H,3,6-9,11H2,1-2H3,(H,19,20). The molecule has 0 aliphatic carbocycles. The molecule has 4 nitrogen and oxygen atoms in total. The van der Waals surface area contributed by atoms with Crippen LogP contribution in [0.4, 0.5) is 0 Å². The van der Waals surface area contributed by atoms with Crippen molar-refractivity contribution in [3.63, 3.8) is 0 Å². The van der Waals surface area contributed by atoms with Crippen molar-refractivity contribution in [3.8, 4) is 5.75 Å². The number of carbonyl (C=O) groups is 1. The van der Waals surface area contributed by atoms with Crippen molar-refractivity contribution in [3.05, 3.63) is 29.3 Å². The molecule has 1 unspecified atom stereocenters. The zero-order valence-corrected chi connectivity index (χ0v) is 12.9. The summed E-state index contributed by atoms with van der Waals surface area (Å²) in [6, 6.07) is 6.05. The number of nitrogens with one attached hydrogen (secondary N) is 2. The van der Waals surface area contributed by atoms with Crippen LogP contribution < -0.4 is 15.4 Å². The number of fused-ring (bicyclic) bond motifs is 1. The van der Waals surface area contributed by atoms with Gasteiger partial charge in [0.05, 0.1) is 6.61 Å². The SMILES string of the molecule is CC1(C)CCCNC1CNC(=O)c1ccc2c(c1)CCO2. The zero-order chi connectivity index (χ0) is 14.9. The summed E-state index contributed by atoms with van der Waals surface area (Å²) in [5.41, 5.74) is 2.10. The third-order valence-electron chi connectivity index (χ3n) is 4.75. The lowest BCUT2D eigenvalue weighted by atomic mass is 9.77. The minimum atomic E-state index is 0.00729. The number of carbonyl (C=O) groups excluding carboxylic acids is 1. The lowest BCUT2D eigenvalue weighted by molar-refractivity contribution is 0.0929. The Morgan fingerprint density at radius 2 is 2.33 bits per heavy atom. The fraction of sp³-hybridized carbons (Fsp3) is 0.588. The van der Waals surface area contributed by atoms with E-state index in [4.69, 9.17) is 4.74 Å². The average Bonchev–Trinajstić information content (AvgIpc) is 2.92. The molecule has 1 aromatic carbocycles. The summed E-state index contributed by atoms with van der Waals surface area (Å²) >= 11 is 0. The van der Waals surface area contributed by atoms with Gasteiger partial charge in [-0.25, -0.2) is 0 Å². The maximum absolute atomic E-state index is 12.3. The van der Waals surface area contributed by atoms with E-state index >= 15 is 0 Å². The molecule has 1 fully saturated rings. The van der Waals surface area contributed by atoms with Crippen molar-refractivity contribution in [1.82, 2.24) is 10.6 Å². The van der Waals surface area contributed by atoms with Crippen LogP contribution in [-0.4, -0.2) is 31.6 Å². The lowest BCUT2D eigenvalue weighted by Crippen LogP contribution is -2.52. The molecule has 0 spiro atoms. The molecular weight excluding hydrogens is 264 g/mol. The van der Waals surface area contributed by atoms with E-state index in [0.717, 1.165) is 36.4 Å². The molecular formula is C17H24N2O2. The highest BCUT2D eigenvalue weighted by molar-refractivity contribution is 5.94. The topological polar surface area (TPSA) is 50.4 Å². The van der Waals surface area contributed by atoms with E-state index in [1.54, 1.807) is 0 Å². The van der Waals surface area contributed by atoms with Crippen LogP contribution in [0.1, 0.15) is 42.6 Å². The second-order valence-corrected chi connectivity index (χ2v) is 6.73. The molecule has 0 bridgehead atoms. The van der Waals surface area contributed by atoms with E-state index in [2.05, 4.69) is 24.5 Å². The van der Waals surface area contributed by atoms with E-state index in [9.17, 15) is 4.79 Å². The number of hydrogen-bond donors (Lipinski definition) is 2. The number of hydrogen-bond acceptors (Lipinski definition) is 3. The maximum atomic E-state index is 12.3. The Kier molecular flexibility index (Phi) is 3.89. The lowest BCUT2D eigenvalue weighted by Gasteiger charge is -2.39. The van der Waals surface area contributed by atoms with Crippen molar-refractivity contribution in [1.29, 1.82) is 0 Å². The molecule has 1 amide bonds. The van der Waals surface area contributed by atoms with Gasteiger partial charge in [0, 0.05) is 24.6 Å². The molecule has 2 aliphatic rings. The van der Waals surface area contributed by atoms with Crippen LogP contribution in [0.25, 0.3) is 0 Å². The van der Waals surface area contributed by atoms with E-state index < -0.39 is 0 Å². The Balaban J connectivity index is 1.61. The first-order valence-corrected chi connectivity index (χ1v) is 7.83. The molecule has 1 aromatic rings. The van der Waals surface area contributed by atoms with Crippen molar-refractivity contribution in [2.24, 2.45) is 5.41 Å². The van der Waals surface area contributed by atoms with Crippen LogP contribution in [0.3, 0.4) is 0 Å². The maximum Gasteiger partial charge on any atom is 0.251 e. The third kappa shape index (κ3) is 3.05. The van der Waals surface area contributed by atoms with Crippen LogP contribution in [-0.2, 0) is 6.42 Å². The van der Waals surface area contributed by atoms with Gasteiger partial charge in [-0.15, -0.1) is 0 Å². The van der Waals surface area contributed by atoms with Gasteiger partial charge < -0.3 is 15.4 Å². The van der Waals surface area contributed by atoms with E-state index in [1.165, 1.54) is 12.8 Å². The van der Waals surface area contributed by atoms with Crippen LogP contribution in [0, 0.1) is 5.41 Å². The number of benzene rings is 1. The summed E-state index contributed by atoms with van der Waals surface area (Å²) in [4.78, 5) is 12.3. The van der Waals surface area contributed by atoms with Gasteiger partial charge in [0.2, 0.25) is 0 Å². The Morgan fingerprint density at radius 1 is 1.48 bits per heavy atom. The highest BCUT2D eigenvalue weighted by Gasteiger charge is 2.32. The van der Waals surface area contributed by atoms with Crippen molar-refractivity contribution < 1.29 is 9.53 Å². The Labute approximate surface area is 126 Å². The van der Waals surface area contributed by atoms with E-state index in [1.807, 2.05) is 18.2 Å². The third-order valence-corrected chi connectivity index (χ3v) is 4.75. The summed E-state index contributed by atoms with van der Waals surface area (Å²) in [6.45, 7) is 6.98. The van der Waals surface area contributed by atoms with E-state index in [-0.39, 0.29) is 11.3 Å². The second kappa shape index (κ2) is 5.68. The quantitative estimate of drug-likeness (QED) is 0.896.